The van der Waals surface area contributed by atoms with Gasteiger partial charge < -0.3 is 5.32 Å². The Morgan fingerprint density at radius 2 is 2.00 bits per heavy atom. The average Bonchev–Trinajstić information content (AvgIpc) is 3.23. The van der Waals surface area contributed by atoms with Gasteiger partial charge in [-0.2, -0.15) is 23.4 Å². The van der Waals surface area contributed by atoms with Crippen LogP contribution in [0.2, 0.25) is 5.02 Å². The Morgan fingerprint density at radius 3 is 2.62 bits per heavy atom. The lowest BCUT2D eigenvalue weighted by atomic mass is 10.2. The topological polar surface area (TPSA) is 64.7 Å². The highest BCUT2D eigenvalue weighted by atomic mass is 35.5. The van der Waals surface area contributed by atoms with Crippen molar-refractivity contribution in [3.05, 3.63) is 64.3 Å². The highest BCUT2D eigenvalue weighted by Crippen LogP contribution is 2.29. The second kappa shape index (κ2) is 7.86. The van der Waals surface area contributed by atoms with E-state index in [9.17, 15) is 22.4 Å². The molecule has 1 unspecified atom stereocenters. The van der Waals surface area contributed by atoms with E-state index in [0.29, 0.717) is 0 Å². The van der Waals surface area contributed by atoms with Crippen molar-refractivity contribution in [2.45, 2.75) is 32.6 Å². The molecule has 3 aromatic rings. The van der Waals surface area contributed by atoms with Crippen LogP contribution in [0.15, 0.2) is 36.5 Å². The number of aryl methyl sites for hydroxylation is 1. The Kier molecular flexibility index (Phi) is 5.65. The summed E-state index contributed by atoms with van der Waals surface area (Å²) < 4.78 is 54.7. The van der Waals surface area contributed by atoms with Crippen LogP contribution < -0.4 is 5.32 Å². The Bertz CT molecular complexity index is 1020. The number of carbonyl (C=O) groups is 1. The fourth-order valence-corrected chi connectivity index (χ4v) is 2.94. The molecule has 1 atom stereocenters. The van der Waals surface area contributed by atoms with Crippen molar-refractivity contribution in [2.75, 3.05) is 5.32 Å². The summed E-state index contributed by atoms with van der Waals surface area (Å²) in [6, 6.07) is 5.66. The number of nitrogens with one attached hydrogen (secondary N) is 1. The van der Waals surface area contributed by atoms with Crippen LogP contribution in [0.25, 0.3) is 0 Å². The summed E-state index contributed by atoms with van der Waals surface area (Å²) in [5.74, 6) is -0.920. The van der Waals surface area contributed by atoms with Crippen LogP contribution in [0.3, 0.4) is 0 Å². The molecule has 0 saturated heterocycles. The standard InChI is InChI=1S/C18H16ClF4N5O/c1-10-8-15(18(21,22)23)25-28(10)11(2)17(29)24-16-6-7-27(26-16)9-12-13(19)4-3-5-14(12)20/h3-8,11H,9H2,1-2H3,(H,24,26,29). The summed E-state index contributed by atoms with van der Waals surface area (Å²) in [4.78, 5) is 12.4. The number of halogens is 5. The van der Waals surface area contributed by atoms with E-state index in [1.165, 1.54) is 42.9 Å². The molecule has 1 aromatic carbocycles. The molecule has 0 saturated carbocycles. The molecule has 1 amide bonds. The van der Waals surface area contributed by atoms with Gasteiger partial charge in [0.05, 0.1) is 6.54 Å². The van der Waals surface area contributed by atoms with E-state index in [4.69, 9.17) is 11.6 Å². The maximum Gasteiger partial charge on any atom is 0.435 e. The average molecular weight is 430 g/mol. The Balaban J connectivity index is 1.71. The van der Waals surface area contributed by atoms with Crippen LogP contribution in [0.1, 0.15) is 29.9 Å². The molecule has 0 spiro atoms. The van der Waals surface area contributed by atoms with Gasteiger partial charge in [0.2, 0.25) is 5.91 Å². The molecular weight excluding hydrogens is 414 g/mol. The fourth-order valence-electron chi connectivity index (χ4n) is 2.72. The van der Waals surface area contributed by atoms with Crippen molar-refractivity contribution < 1.29 is 22.4 Å². The van der Waals surface area contributed by atoms with Gasteiger partial charge >= 0.3 is 6.18 Å². The first-order chi connectivity index (χ1) is 13.6. The minimum absolute atomic E-state index is 0.0458. The molecule has 1 N–H and O–H groups in total. The molecule has 0 aliphatic rings. The number of aromatic nitrogens is 4. The number of benzene rings is 1. The van der Waals surface area contributed by atoms with Crippen molar-refractivity contribution in [3.63, 3.8) is 0 Å². The van der Waals surface area contributed by atoms with E-state index in [-0.39, 0.29) is 28.6 Å². The van der Waals surface area contributed by atoms with E-state index in [1.54, 1.807) is 6.07 Å². The van der Waals surface area contributed by atoms with Crippen LogP contribution >= 0.6 is 11.6 Å². The van der Waals surface area contributed by atoms with Gasteiger partial charge in [0, 0.05) is 28.5 Å². The normalized spacial score (nSPS) is 12.8. The van der Waals surface area contributed by atoms with Gasteiger partial charge in [-0.25, -0.2) is 4.39 Å². The van der Waals surface area contributed by atoms with Gasteiger partial charge in [-0.1, -0.05) is 17.7 Å². The Labute approximate surface area is 168 Å². The zero-order chi connectivity index (χ0) is 21.3. The minimum atomic E-state index is -4.60. The highest BCUT2D eigenvalue weighted by Gasteiger charge is 2.35. The molecule has 29 heavy (non-hydrogen) atoms. The maximum atomic E-state index is 13.9. The third-order valence-electron chi connectivity index (χ3n) is 4.23. The maximum absolute atomic E-state index is 13.9. The van der Waals surface area contributed by atoms with Crippen LogP contribution in [0, 0.1) is 12.7 Å². The zero-order valence-corrected chi connectivity index (χ0v) is 16.1. The third kappa shape index (κ3) is 4.58. The van der Waals surface area contributed by atoms with E-state index < -0.39 is 29.6 Å². The molecule has 0 bridgehead atoms. The fraction of sp³-hybridized carbons (Fsp3) is 0.278. The predicted molar refractivity (Wildman–Crippen MR) is 98.0 cm³/mol. The van der Waals surface area contributed by atoms with Gasteiger partial charge in [0.25, 0.3) is 0 Å². The molecule has 154 valence electrons. The van der Waals surface area contributed by atoms with Crippen molar-refractivity contribution in [1.29, 1.82) is 0 Å². The van der Waals surface area contributed by atoms with Crippen LogP contribution in [-0.2, 0) is 17.5 Å². The number of hydrogen-bond donors (Lipinski definition) is 1. The van der Waals surface area contributed by atoms with Crippen molar-refractivity contribution in [2.24, 2.45) is 0 Å². The van der Waals surface area contributed by atoms with Gasteiger partial charge in [0.1, 0.15) is 11.9 Å². The quantitative estimate of drug-likeness (QED) is 0.609. The van der Waals surface area contributed by atoms with Crippen molar-refractivity contribution in [1.82, 2.24) is 19.6 Å². The van der Waals surface area contributed by atoms with E-state index in [2.05, 4.69) is 15.5 Å². The Hall–Kier alpha value is -2.88. The van der Waals surface area contributed by atoms with Gasteiger partial charge in [-0.15, -0.1) is 0 Å². The largest absolute Gasteiger partial charge is 0.435 e. The first kappa shape index (κ1) is 20.8. The lowest BCUT2D eigenvalue weighted by molar-refractivity contribution is -0.141. The highest BCUT2D eigenvalue weighted by molar-refractivity contribution is 6.31. The van der Waals surface area contributed by atoms with E-state index >= 15 is 0 Å². The number of rotatable bonds is 5. The Morgan fingerprint density at radius 1 is 1.28 bits per heavy atom. The van der Waals surface area contributed by atoms with Crippen LogP contribution in [0.5, 0.6) is 0 Å². The summed E-state index contributed by atoms with van der Waals surface area (Å²) in [6.07, 6.45) is -3.08. The molecule has 11 heteroatoms. The van der Waals surface area contributed by atoms with E-state index in [1.807, 2.05) is 0 Å². The monoisotopic (exact) mass is 429 g/mol. The lowest BCUT2D eigenvalue weighted by Gasteiger charge is -2.13. The van der Waals surface area contributed by atoms with Crippen molar-refractivity contribution >= 4 is 23.3 Å². The third-order valence-corrected chi connectivity index (χ3v) is 4.59. The first-order valence-corrected chi connectivity index (χ1v) is 8.84. The van der Waals surface area contributed by atoms with Crippen LogP contribution in [-0.4, -0.2) is 25.5 Å². The number of amides is 1. The second-order valence-corrected chi connectivity index (χ2v) is 6.78. The molecule has 0 fully saturated rings. The molecule has 2 heterocycles. The van der Waals surface area contributed by atoms with Gasteiger partial charge in [-0.3, -0.25) is 14.2 Å². The second-order valence-electron chi connectivity index (χ2n) is 6.38. The first-order valence-electron chi connectivity index (χ1n) is 8.47. The zero-order valence-electron chi connectivity index (χ0n) is 15.3. The number of hydrogen-bond acceptors (Lipinski definition) is 3. The molecular formula is C18H16ClF4N5O. The molecule has 0 aliphatic heterocycles. The summed E-state index contributed by atoms with van der Waals surface area (Å²) in [5, 5.41) is 10.3. The molecule has 0 aliphatic carbocycles. The molecule has 0 radical (unpaired) electrons. The smallest absolute Gasteiger partial charge is 0.307 e. The van der Waals surface area contributed by atoms with Gasteiger partial charge in [0.15, 0.2) is 11.5 Å². The van der Waals surface area contributed by atoms with Gasteiger partial charge in [-0.05, 0) is 32.0 Å². The number of carbonyl (C=O) groups excluding carboxylic acids is 1. The molecule has 3 rings (SSSR count). The van der Waals surface area contributed by atoms with Crippen LogP contribution in [0.4, 0.5) is 23.4 Å². The molecule has 2 aromatic heterocycles. The van der Waals surface area contributed by atoms with Crippen molar-refractivity contribution in [3.8, 4) is 0 Å². The summed E-state index contributed by atoms with van der Waals surface area (Å²) in [7, 11) is 0. The SMILES string of the molecule is Cc1cc(C(F)(F)F)nn1C(C)C(=O)Nc1ccn(Cc2c(F)cccc2Cl)n1. The molecule has 6 nitrogen and oxygen atoms in total. The number of nitrogens with zero attached hydrogens (tertiary/aromatic N) is 4. The number of alkyl halides is 3. The number of anilines is 1. The summed E-state index contributed by atoms with van der Waals surface area (Å²) in [5.41, 5.74) is -0.629. The van der Waals surface area contributed by atoms with E-state index in [0.717, 1.165) is 10.7 Å². The predicted octanol–water partition coefficient (Wildman–Crippen LogP) is 4.45. The lowest BCUT2D eigenvalue weighted by Crippen LogP contribution is -2.26. The minimum Gasteiger partial charge on any atom is -0.307 e. The summed E-state index contributed by atoms with van der Waals surface area (Å²) in [6.45, 7) is 2.90. The summed E-state index contributed by atoms with van der Waals surface area (Å²) >= 11 is 5.99.